The van der Waals surface area contributed by atoms with Crippen molar-refractivity contribution in [2.45, 2.75) is 18.9 Å². The van der Waals surface area contributed by atoms with Crippen LogP contribution in [0.25, 0.3) is 10.9 Å². The number of nitrogens with zero attached hydrogens (tertiary/aromatic N) is 1. The molecular weight excluding hydrogens is 384 g/mol. The maximum absolute atomic E-state index is 12.6. The minimum Gasteiger partial charge on any atom is -0.497 e. The summed E-state index contributed by atoms with van der Waals surface area (Å²) in [7, 11) is 1.59. The van der Waals surface area contributed by atoms with Gasteiger partial charge in [0.2, 0.25) is 5.91 Å². The average Bonchev–Trinajstić information content (AvgIpc) is 3.32. The Morgan fingerprint density at radius 2 is 1.93 bits per heavy atom. The van der Waals surface area contributed by atoms with E-state index in [-0.39, 0.29) is 24.8 Å². The number of carbonyl (C=O) groups is 3. The largest absolute Gasteiger partial charge is 0.497 e. The summed E-state index contributed by atoms with van der Waals surface area (Å²) in [6, 6.07) is 13.5. The fraction of sp³-hybridized carbons (Fsp3) is 0.227. The molecule has 3 aromatic rings. The van der Waals surface area contributed by atoms with Crippen molar-refractivity contribution < 1.29 is 19.1 Å². The lowest BCUT2D eigenvalue weighted by molar-refractivity contribution is -0.129. The number of benzene rings is 2. The summed E-state index contributed by atoms with van der Waals surface area (Å²) in [6.07, 6.45) is 2.20. The molecule has 0 radical (unpaired) electrons. The molecule has 0 bridgehead atoms. The third kappa shape index (κ3) is 3.98. The summed E-state index contributed by atoms with van der Waals surface area (Å²) in [5.41, 5.74) is 2.55. The van der Waals surface area contributed by atoms with Crippen LogP contribution in [-0.2, 0) is 16.0 Å². The van der Waals surface area contributed by atoms with Gasteiger partial charge in [-0.05, 0) is 42.3 Å². The molecule has 3 N–H and O–H groups in total. The first-order valence-corrected chi connectivity index (χ1v) is 9.66. The number of hydrogen-bond acceptors (Lipinski definition) is 4. The van der Waals surface area contributed by atoms with E-state index in [4.69, 9.17) is 4.74 Å². The number of aromatic amines is 1. The number of methoxy groups -OCH3 is 1. The SMILES string of the molecule is COc1ccc(CCN2C(=O)N[C@H](CC(=O)Nc3cccc4[nH]ccc34)C2=O)cc1. The summed E-state index contributed by atoms with van der Waals surface area (Å²) < 4.78 is 5.13. The van der Waals surface area contributed by atoms with Crippen molar-refractivity contribution >= 4 is 34.4 Å². The van der Waals surface area contributed by atoms with Gasteiger partial charge in [0.05, 0.1) is 19.2 Å². The van der Waals surface area contributed by atoms with Crippen LogP contribution >= 0.6 is 0 Å². The quantitative estimate of drug-likeness (QED) is 0.525. The molecule has 0 aliphatic carbocycles. The Morgan fingerprint density at radius 1 is 1.13 bits per heavy atom. The molecule has 8 heteroatoms. The molecule has 0 spiro atoms. The van der Waals surface area contributed by atoms with Gasteiger partial charge in [-0.3, -0.25) is 14.5 Å². The Labute approximate surface area is 173 Å². The van der Waals surface area contributed by atoms with Gasteiger partial charge >= 0.3 is 6.03 Å². The van der Waals surface area contributed by atoms with E-state index >= 15 is 0 Å². The Kier molecular flexibility index (Phi) is 5.38. The zero-order valence-corrected chi connectivity index (χ0v) is 16.5. The first-order valence-electron chi connectivity index (χ1n) is 9.66. The maximum atomic E-state index is 12.6. The normalized spacial score (nSPS) is 16.0. The molecule has 4 rings (SSSR count). The number of anilines is 1. The zero-order valence-electron chi connectivity index (χ0n) is 16.5. The molecule has 2 heterocycles. The van der Waals surface area contributed by atoms with Crippen LogP contribution < -0.4 is 15.4 Å². The number of H-pyrrole nitrogens is 1. The second kappa shape index (κ2) is 8.28. The van der Waals surface area contributed by atoms with E-state index in [0.29, 0.717) is 12.1 Å². The van der Waals surface area contributed by atoms with Gasteiger partial charge in [0.1, 0.15) is 11.8 Å². The lowest BCUT2D eigenvalue weighted by Crippen LogP contribution is -2.34. The molecule has 2 aromatic carbocycles. The number of aromatic nitrogens is 1. The van der Waals surface area contributed by atoms with E-state index in [9.17, 15) is 14.4 Å². The number of carbonyl (C=O) groups excluding carboxylic acids is 3. The fourth-order valence-corrected chi connectivity index (χ4v) is 3.54. The average molecular weight is 406 g/mol. The molecule has 30 heavy (non-hydrogen) atoms. The van der Waals surface area contributed by atoms with Crippen molar-refractivity contribution in [2.24, 2.45) is 0 Å². The third-order valence-electron chi connectivity index (χ3n) is 5.15. The van der Waals surface area contributed by atoms with Gasteiger partial charge in [-0.15, -0.1) is 0 Å². The minimum atomic E-state index is -0.862. The topological polar surface area (TPSA) is 104 Å². The van der Waals surface area contributed by atoms with Crippen molar-refractivity contribution in [2.75, 3.05) is 19.0 Å². The second-order valence-electron chi connectivity index (χ2n) is 7.09. The first kappa shape index (κ1) is 19.5. The highest BCUT2D eigenvalue weighted by Gasteiger charge is 2.38. The minimum absolute atomic E-state index is 0.121. The highest BCUT2D eigenvalue weighted by molar-refractivity contribution is 6.08. The van der Waals surface area contributed by atoms with Crippen LogP contribution in [0.4, 0.5) is 10.5 Å². The smallest absolute Gasteiger partial charge is 0.324 e. The van der Waals surface area contributed by atoms with Crippen molar-refractivity contribution in [3.63, 3.8) is 0 Å². The van der Waals surface area contributed by atoms with E-state index in [1.807, 2.05) is 42.5 Å². The van der Waals surface area contributed by atoms with Gasteiger partial charge in [-0.1, -0.05) is 18.2 Å². The van der Waals surface area contributed by atoms with E-state index in [2.05, 4.69) is 15.6 Å². The van der Waals surface area contributed by atoms with Gasteiger partial charge < -0.3 is 20.4 Å². The van der Waals surface area contributed by atoms with Gasteiger partial charge in [0.15, 0.2) is 0 Å². The van der Waals surface area contributed by atoms with Crippen molar-refractivity contribution in [3.8, 4) is 5.75 Å². The van der Waals surface area contributed by atoms with Crippen LogP contribution in [0.2, 0.25) is 0 Å². The van der Waals surface area contributed by atoms with E-state index in [0.717, 1.165) is 27.1 Å². The molecule has 1 atom stereocenters. The number of hydrogen-bond donors (Lipinski definition) is 3. The van der Waals surface area contributed by atoms with Crippen molar-refractivity contribution in [1.82, 2.24) is 15.2 Å². The Morgan fingerprint density at radius 3 is 2.70 bits per heavy atom. The Bertz CT molecular complexity index is 1090. The number of urea groups is 1. The molecule has 8 nitrogen and oxygen atoms in total. The van der Waals surface area contributed by atoms with Crippen LogP contribution in [0.15, 0.2) is 54.7 Å². The summed E-state index contributed by atoms with van der Waals surface area (Å²) in [5, 5.41) is 6.31. The second-order valence-corrected chi connectivity index (χ2v) is 7.09. The number of nitrogens with one attached hydrogen (secondary N) is 3. The van der Waals surface area contributed by atoms with Crippen LogP contribution in [-0.4, -0.2) is 47.4 Å². The lowest BCUT2D eigenvalue weighted by atomic mass is 10.1. The summed E-state index contributed by atoms with van der Waals surface area (Å²) in [6.45, 7) is 0.248. The number of ether oxygens (including phenoxy) is 1. The van der Waals surface area contributed by atoms with Crippen molar-refractivity contribution in [1.29, 1.82) is 0 Å². The third-order valence-corrected chi connectivity index (χ3v) is 5.15. The highest BCUT2D eigenvalue weighted by atomic mass is 16.5. The predicted molar refractivity (Wildman–Crippen MR) is 112 cm³/mol. The standard InChI is InChI=1S/C22H22N4O4/c1-30-15-7-5-14(6-8-15)10-12-26-21(28)19(25-22(26)29)13-20(27)24-18-4-2-3-17-16(18)9-11-23-17/h2-9,11,19,23H,10,12-13H2,1H3,(H,24,27)(H,25,29)/t19-/m1/s1. The number of amides is 4. The van der Waals surface area contributed by atoms with Crippen molar-refractivity contribution in [3.05, 3.63) is 60.3 Å². The summed E-state index contributed by atoms with van der Waals surface area (Å²) >= 11 is 0. The summed E-state index contributed by atoms with van der Waals surface area (Å²) in [5.74, 6) is 0.0259. The van der Waals surface area contributed by atoms with Crippen LogP contribution in [0, 0.1) is 0 Å². The van der Waals surface area contributed by atoms with Gasteiger partial charge in [-0.25, -0.2) is 4.79 Å². The molecule has 154 valence electrons. The Balaban J connectivity index is 1.35. The fourth-order valence-electron chi connectivity index (χ4n) is 3.54. The Hall–Kier alpha value is -3.81. The molecule has 1 aromatic heterocycles. The molecule has 1 fully saturated rings. The molecule has 1 aliphatic rings. The number of fused-ring (bicyclic) bond motifs is 1. The molecular formula is C22H22N4O4. The predicted octanol–water partition coefficient (Wildman–Crippen LogP) is 2.67. The van der Waals surface area contributed by atoms with Crippen LogP contribution in [0.1, 0.15) is 12.0 Å². The molecule has 0 unspecified atom stereocenters. The van der Waals surface area contributed by atoms with Gasteiger partial charge in [-0.2, -0.15) is 0 Å². The van der Waals surface area contributed by atoms with E-state index in [1.54, 1.807) is 19.4 Å². The number of imide groups is 1. The molecule has 1 saturated heterocycles. The first-order chi connectivity index (χ1) is 14.5. The molecule has 0 saturated carbocycles. The van der Waals surface area contributed by atoms with Crippen LogP contribution in [0.5, 0.6) is 5.75 Å². The monoisotopic (exact) mass is 406 g/mol. The molecule has 1 aliphatic heterocycles. The van der Waals surface area contributed by atoms with Gasteiger partial charge in [0, 0.05) is 23.6 Å². The van der Waals surface area contributed by atoms with E-state index < -0.39 is 12.1 Å². The van der Waals surface area contributed by atoms with Gasteiger partial charge in [0.25, 0.3) is 5.91 Å². The molecule has 4 amide bonds. The number of rotatable bonds is 7. The van der Waals surface area contributed by atoms with Crippen LogP contribution in [0.3, 0.4) is 0 Å². The summed E-state index contributed by atoms with van der Waals surface area (Å²) in [4.78, 5) is 41.6. The highest BCUT2D eigenvalue weighted by Crippen LogP contribution is 2.22. The zero-order chi connectivity index (χ0) is 21.1. The van der Waals surface area contributed by atoms with E-state index in [1.165, 1.54) is 0 Å². The maximum Gasteiger partial charge on any atom is 0.324 e. The lowest BCUT2D eigenvalue weighted by Gasteiger charge is -2.13.